The molecule has 0 bridgehead atoms. The van der Waals surface area contributed by atoms with Gasteiger partial charge in [-0.1, -0.05) is 26.0 Å². The van der Waals surface area contributed by atoms with Crippen molar-refractivity contribution < 1.29 is 13.5 Å². The lowest BCUT2D eigenvalue weighted by molar-refractivity contribution is 0.476. The molecular weight excluding hydrogens is 274 g/mol. The minimum Gasteiger partial charge on any atom is -0.506 e. The number of hydrogen-bond acceptors (Lipinski definition) is 4. The summed E-state index contributed by atoms with van der Waals surface area (Å²) in [6.07, 6.45) is 0. The summed E-state index contributed by atoms with van der Waals surface area (Å²) in [5.74, 6) is 0.109. The molecule has 4 nitrogen and oxygen atoms in total. The van der Waals surface area contributed by atoms with Crippen LogP contribution < -0.4 is 5.73 Å². The van der Waals surface area contributed by atoms with Gasteiger partial charge in [-0.15, -0.1) is 0 Å². The van der Waals surface area contributed by atoms with Crippen molar-refractivity contribution >= 4 is 15.5 Å². The number of anilines is 1. The van der Waals surface area contributed by atoms with Gasteiger partial charge in [0.05, 0.1) is 15.5 Å². The average Bonchev–Trinajstić information content (AvgIpc) is 2.41. The van der Waals surface area contributed by atoms with Crippen LogP contribution in [0.1, 0.15) is 25.3 Å². The molecule has 2 rings (SSSR count). The van der Waals surface area contributed by atoms with Crippen LogP contribution in [0.3, 0.4) is 0 Å². The van der Waals surface area contributed by atoms with E-state index in [0.717, 1.165) is 5.56 Å². The van der Waals surface area contributed by atoms with Crippen LogP contribution in [0.4, 0.5) is 5.69 Å². The molecule has 0 fully saturated rings. The summed E-state index contributed by atoms with van der Waals surface area (Å²) >= 11 is 0. The maximum Gasteiger partial charge on any atom is 0.206 e. The summed E-state index contributed by atoms with van der Waals surface area (Å²) in [7, 11) is -3.64. The van der Waals surface area contributed by atoms with Crippen molar-refractivity contribution in [3.8, 4) is 5.75 Å². The van der Waals surface area contributed by atoms with Crippen molar-refractivity contribution in [1.29, 1.82) is 0 Å². The van der Waals surface area contributed by atoms with Gasteiger partial charge in [0.15, 0.2) is 0 Å². The predicted molar refractivity (Wildman–Crippen MR) is 78.5 cm³/mol. The molecule has 0 heterocycles. The normalized spacial score (nSPS) is 11.8. The zero-order valence-corrected chi connectivity index (χ0v) is 12.2. The first-order valence-corrected chi connectivity index (χ1v) is 7.74. The summed E-state index contributed by atoms with van der Waals surface area (Å²) in [6, 6.07) is 10.7. The van der Waals surface area contributed by atoms with Crippen molar-refractivity contribution in [2.75, 3.05) is 5.73 Å². The van der Waals surface area contributed by atoms with Gasteiger partial charge in [-0.05, 0) is 35.7 Å². The molecule has 106 valence electrons. The summed E-state index contributed by atoms with van der Waals surface area (Å²) in [4.78, 5) is 0.229. The quantitative estimate of drug-likeness (QED) is 0.673. The molecule has 2 aromatic rings. The number of hydrogen-bond donors (Lipinski definition) is 2. The smallest absolute Gasteiger partial charge is 0.206 e. The molecule has 0 radical (unpaired) electrons. The molecule has 20 heavy (non-hydrogen) atoms. The van der Waals surface area contributed by atoms with Crippen molar-refractivity contribution in [2.45, 2.75) is 29.6 Å². The molecule has 0 aliphatic carbocycles. The lowest BCUT2D eigenvalue weighted by atomic mass is 10.0. The summed E-state index contributed by atoms with van der Waals surface area (Å²) in [5, 5.41) is 9.54. The van der Waals surface area contributed by atoms with Crippen molar-refractivity contribution in [2.24, 2.45) is 0 Å². The number of aromatic hydroxyl groups is 1. The van der Waals surface area contributed by atoms with E-state index in [0.29, 0.717) is 5.92 Å². The van der Waals surface area contributed by atoms with E-state index in [2.05, 4.69) is 0 Å². The third kappa shape index (κ3) is 2.63. The van der Waals surface area contributed by atoms with Crippen LogP contribution >= 0.6 is 0 Å². The fourth-order valence-corrected chi connectivity index (χ4v) is 3.14. The lowest BCUT2D eigenvalue weighted by Gasteiger charge is -2.09. The number of nitrogen functional groups attached to an aromatic ring is 1. The van der Waals surface area contributed by atoms with Crippen molar-refractivity contribution in [3.05, 3.63) is 48.0 Å². The molecule has 0 saturated carbocycles. The van der Waals surface area contributed by atoms with Crippen LogP contribution in [0, 0.1) is 0 Å². The highest BCUT2D eigenvalue weighted by Gasteiger charge is 2.18. The Labute approximate surface area is 118 Å². The molecule has 0 saturated heterocycles. The van der Waals surface area contributed by atoms with Gasteiger partial charge in [-0.25, -0.2) is 8.42 Å². The highest BCUT2D eigenvalue weighted by Crippen LogP contribution is 2.28. The molecule has 0 unspecified atom stereocenters. The molecular formula is C15H17NO3S. The number of sulfone groups is 1. The maximum atomic E-state index is 12.4. The van der Waals surface area contributed by atoms with Gasteiger partial charge in [-0.2, -0.15) is 0 Å². The number of phenols is 1. The largest absolute Gasteiger partial charge is 0.506 e. The van der Waals surface area contributed by atoms with Gasteiger partial charge in [0, 0.05) is 6.07 Å². The second kappa shape index (κ2) is 5.17. The Morgan fingerprint density at radius 1 is 1.00 bits per heavy atom. The molecule has 0 atom stereocenters. The van der Waals surface area contributed by atoms with Crippen LogP contribution in [0.15, 0.2) is 52.3 Å². The SMILES string of the molecule is CC(C)c1ccc(S(=O)(=O)c2ccc(N)c(O)c2)cc1. The molecule has 0 aliphatic heterocycles. The van der Waals surface area contributed by atoms with E-state index in [1.807, 2.05) is 13.8 Å². The molecule has 0 amide bonds. The highest BCUT2D eigenvalue weighted by atomic mass is 32.2. The van der Waals surface area contributed by atoms with E-state index in [9.17, 15) is 13.5 Å². The van der Waals surface area contributed by atoms with E-state index in [1.54, 1.807) is 24.3 Å². The second-order valence-corrected chi connectivity index (χ2v) is 6.90. The third-order valence-electron chi connectivity index (χ3n) is 3.17. The van der Waals surface area contributed by atoms with E-state index in [4.69, 9.17) is 5.73 Å². The molecule has 0 aromatic heterocycles. The van der Waals surface area contributed by atoms with E-state index in [-0.39, 0.29) is 21.2 Å². The second-order valence-electron chi connectivity index (χ2n) is 4.95. The number of benzene rings is 2. The molecule has 0 spiro atoms. The molecule has 2 aromatic carbocycles. The first-order valence-electron chi connectivity index (χ1n) is 6.26. The highest BCUT2D eigenvalue weighted by molar-refractivity contribution is 7.91. The number of rotatable bonds is 3. The molecule has 5 heteroatoms. The van der Waals surface area contributed by atoms with Crippen molar-refractivity contribution in [1.82, 2.24) is 0 Å². The predicted octanol–water partition coefficient (Wildman–Crippen LogP) is 2.93. The van der Waals surface area contributed by atoms with Gasteiger partial charge >= 0.3 is 0 Å². The van der Waals surface area contributed by atoms with Crippen LogP contribution in [0.5, 0.6) is 5.75 Å². The first-order chi connectivity index (χ1) is 9.32. The average molecular weight is 291 g/mol. The van der Waals surface area contributed by atoms with Crippen LogP contribution in [-0.4, -0.2) is 13.5 Å². The van der Waals surface area contributed by atoms with Crippen molar-refractivity contribution in [3.63, 3.8) is 0 Å². The van der Waals surface area contributed by atoms with E-state index < -0.39 is 9.84 Å². The van der Waals surface area contributed by atoms with Gasteiger partial charge in [0.25, 0.3) is 0 Å². The topological polar surface area (TPSA) is 80.4 Å². The number of nitrogens with two attached hydrogens (primary N) is 1. The number of phenolic OH excluding ortho intramolecular Hbond substituents is 1. The minimum atomic E-state index is -3.64. The monoisotopic (exact) mass is 291 g/mol. The molecule has 3 N–H and O–H groups in total. The van der Waals surface area contributed by atoms with Gasteiger partial charge in [-0.3, -0.25) is 0 Å². The van der Waals surface area contributed by atoms with Gasteiger partial charge in [0.1, 0.15) is 5.75 Å². The fourth-order valence-electron chi connectivity index (χ4n) is 1.86. The Morgan fingerprint density at radius 3 is 2.05 bits per heavy atom. The Kier molecular flexibility index (Phi) is 3.72. The summed E-state index contributed by atoms with van der Waals surface area (Å²) < 4.78 is 24.9. The Bertz CT molecular complexity index is 719. The zero-order valence-electron chi connectivity index (χ0n) is 11.4. The van der Waals surface area contributed by atoms with Gasteiger partial charge in [0.2, 0.25) is 9.84 Å². The van der Waals surface area contributed by atoms with Crippen LogP contribution in [-0.2, 0) is 9.84 Å². The van der Waals surface area contributed by atoms with Crippen LogP contribution in [0.2, 0.25) is 0 Å². The zero-order chi connectivity index (χ0) is 14.9. The molecule has 0 aliphatic rings. The van der Waals surface area contributed by atoms with E-state index >= 15 is 0 Å². The Morgan fingerprint density at radius 2 is 1.55 bits per heavy atom. The summed E-state index contributed by atoms with van der Waals surface area (Å²) in [6.45, 7) is 4.09. The standard InChI is InChI=1S/C15H17NO3S/c1-10(2)11-3-5-12(6-4-11)20(18,19)13-7-8-14(16)15(17)9-13/h3-10,17H,16H2,1-2H3. The van der Waals surface area contributed by atoms with E-state index in [1.165, 1.54) is 18.2 Å². The Balaban J connectivity index is 2.46. The summed E-state index contributed by atoms with van der Waals surface area (Å²) in [5.41, 5.74) is 6.70. The maximum absolute atomic E-state index is 12.4. The lowest BCUT2D eigenvalue weighted by Crippen LogP contribution is -2.03. The Hall–Kier alpha value is -2.01. The minimum absolute atomic E-state index is 0.0292. The third-order valence-corrected chi connectivity index (χ3v) is 4.94. The first kappa shape index (κ1) is 14.4. The van der Waals surface area contributed by atoms with Gasteiger partial charge < -0.3 is 10.8 Å². The fraction of sp³-hybridized carbons (Fsp3) is 0.200. The van der Waals surface area contributed by atoms with Crippen LogP contribution in [0.25, 0.3) is 0 Å².